The van der Waals surface area contributed by atoms with E-state index in [-0.39, 0.29) is 35.9 Å². The second-order valence-electron chi connectivity index (χ2n) is 6.88. The van der Waals surface area contributed by atoms with E-state index in [1.165, 1.54) is 16.5 Å². The summed E-state index contributed by atoms with van der Waals surface area (Å²) >= 11 is 0. The van der Waals surface area contributed by atoms with Crippen molar-refractivity contribution >= 4 is 46.7 Å². The number of carbonyl (C=O) groups is 1. The van der Waals surface area contributed by atoms with Gasteiger partial charge in [0, 0.05) is 56.2 Å². The number of rotatable bonds is 6. The first-order chi connectivity index (χ1) is 12.7. The first-order valence-electron chi connectivity index (χ1n) is 9.51. The van der Waals surface area contributed by atoms with Crippen molar-refractivity contribution in [1.29, 1.82) is 0 Å². The number of benzene rings is 1. The van der Waals surface area contributed by atoms with Gasteiger partial charge in [-0.2, -0.15) is 0 Å². The molecular weight excluding hydrogens is 453 g/mol. The Morgan fingerprint density at radius 1 is 1.37 bits per heavy atom. The van der Waals surface area contributed by atoms with E-state index in [0.29, 0.717) is 6.42 Å². The topological polar surface area (TPSA) is 72.5 Å². The van der Waals surface area contributed by atoms with Gasteiger partial charge in [0.15, 0.2) is 5.96 Å². The largest absolute Gasteiger partial charge is 0.361 e. The zero-order chi connectivity index (χ0) is 18.4. The molecule has 2 aromatic rings. The maximum absolute atomic E-state index is 11.6. The summed E-state index contributed by atoms with van der Waals surface area (Å²) in [5, 5.41) is 8.08. The molecule has 27 heavy (non-hydrogen) atoms. The minimum atomic E-state index is 0. The second kappa shape index (κ2) is 10.5. The molecule has 1 fully saturated rings. The number of nitrogens with zero attached hydrogens (tertiary/aromatic N) is 2. The fourth-order valence-electron chi connectivity index (χ4n) is 3.44. The highest BCUT2D eigenvalue weighted by Gasteiger charge is 2.23. The van der Waals surface area contributed by atoms with Gasteiger partial charge in [0.05, 0.1) is 0 Å². The summed E-state index contributed by atoms with van der Waals surface area (Å²) in [6.07, 6.45) is 5.58. The van der Waals surface area contributed by atoms with E-state index in [4.69, 9.17) is 4.99 Å². The van der Waals surface area contributed by atoms with Gasteiger partial charge in [0.2, 0.25) is 5.91 Å². The number of nitrogens with one attached hydrogen (secondary N) is 3. The Morgan fingerprint density at radius 2 is 2.19 bits per heavy atom. The summed E-state index contributed by atoms with van der Waals surface area (Å²) in [6, 6.07) is 8.67. The number of guanidine groups is 1. The van der Waals surface area contributed by atoms with Crippen LogP contribution in [0.4, 0.5) is 0 Å². The van der Waals surface area contributed by atoms with Crippen LogP contribution in [0.2, 0.25) is 0 Å². The SMILES string of the molecule is CCNC(=NCCCc1c[nH]c2ccccc12)NC1CCC(=O)N(C)C1.I. The molecule has 0 saturated carbocycles. The monoisotopic (exact) mass is 483 g/mol. The van der Waals surface area contributed by atoms with E-state index in [1.807, 2.05) is 7.05 Å². The molecule has 2 heterocycles. The minimum Gasteiger partial charge on any atom is -0.361 e. The molecule has 1 aromatic carbocycles. The Morgan fingerprint density at radius 3 is 2.96 bits per heavy atom. The molecule has 148 valence electrons. The molecular formula is C20H30IN5O. The first kappa shape index (κ1) is 21.5. The Balaban J connectivity index is 0.00000261. The van der Waals surface area contributed by atoms with Gasteiger partial charge >= 0.3 is 0 Å². The average Bonchev–Trinajstić information content (AvgIpc) is 3.05. The van der Waals surface area contributed by atoms with E-state index in [9.17, 15) is 4.79 Å². The Labute approximate surface area is 178 Å². The first-order valence-corrected chi connectivity index (χ1v) is 9.51. The fourth-order valence-corrected chi connectivity index (χ4v) is 3.44. The lowest BCUT2D eigenvalue weighted by Crippen LogP contribution is -2.51. The lowest BCUT2D eigenvalue weighted by atomic mass is 10.1. The molecule has 6 nitrogen and oxygen atoms in total. The van der Waals surface area contributed by atoms with Crippen LogP contribution in [0.5, 0.6) is 0 Å². The van der Waals surface area contributed by atoms with Crippen LogP contribution >= 0.6 is 24.0 Å². The van der Waals surface area contributed by atoms with Crippen molar-refractivity contribution in [2.24, 2.45) is 4.99 Å². The predicted octanol–water partition coefficient (Wildman–Crippen LogP) is 2.89. The fraction of sp³-hybridized carbons (Fsp3) is 0.500. The molecule has 0 aliphatic carbocycles. The maximum Gasteiger partial charge on any atom is 0.222 e. The van der Waals surface area contributed by atoms with Crippen LogP contribution in [-0.2, 0) is 11.2 Å². The van der Waals surface area contributed by atoms with Crippen LogP contribution in [0, 0.1) is 0 Å². The number of hydrogen-bond donors (Lipinski definition) is 3. The number of fused-ring (bicyclic) bond motifs is 1. The van der Waals surface area contributed by atoms with Crippen LogP contribution in [-0.4, -0.2) is 54.5 Å². The van der Waals surface area contributed by atoms with Gasteiger partial charge in [-0.1, -0.05) is 18.2 Å². The third-order valence-electron chi connectivity index (χ3n) is 4.86. The zero-order valence-electron chi connectivity index (χ0n) is 16.1. The van der Waals surface area contributed by atoms with Crippen molar-refractivity contribution in [3.05, 3.63) is 36.0 Å². The Kier molecular flexibility index (Phi) is 8.40. The highest BCUT2D eigenvalue weighted by atomic mass is 127. The molecule has 0 spiro atoms. The van der Waals surface area contributed by atoms with Crippen molar-refractivity contribution in [2.75, 3.05) is 26.7 Å². The number of para-hydroxylation sites is 1. The van der Waals surface area contributed by atoms with Crippen molar-refractivity contribution in [3.8, 4) is 0 Å². The van der Waals surface area contributed by atoms with Gasteiger partial charge < -0.3 is 20.5 Å². The number of aryl methyl sites for hydroxylation is 1. The molecule has 1 saturated heterocycles. The summed E-state index contributed by atoms with van der Waals surface area (Å²) in [6.45, 7) is 4.41. The Hall–Kier alpha value is -1.77. The molecule has 0 radical (unpaired) electrons. The lowest BCUT2D eigenvalue weighted by Gasteiger charge is -2.31. The molecule has 1 amide bonds. The molecule has 0 bridgehead atoms. The Bertz CT molecular complexity index is 773. The summed E-state index contributed by atoms with van der Waals surface area (Å²) in [4.78, 5) is 21.5. The third-order valence-corrected chi connectivity index (χ3v) is 4.86. The molecule has 3 N–H and O–H groups in total. The molecule has 1 unspecified atom stereocenters. The molecule has 1 aliphatic rings. The summed E-state index contributed by atoms with van der Waals surface area (Å²) in [5.41, 5.74) is 2.54. The number of H-pyrrole nitrogens is 1. The number of likely N-dealkylation sites (N-methyl/N-ethyl adjacent to an activating group) is 1. The van der Waals surface area contributed by atoms with E-state index in [1.54, 1.807) is 4.90 Å². The van der Waals surface area contributed by atoms with Crippen LogP contribution in [0.1, 0.15) is 31.7 Å². The minimum absolute atomic E-state index is 0. The normalized spacial score (nSPS) is 17.7. The van der Waals surface area contributed by atoms with Crippen LogP contribution in [0.25, 0.3) is 10.9 Å². The van der Waals surface area contributed by atoms with E-state index < -0.39 is 0 Å². The van der Waals surface area contributed by atoms with Crippen LogP contribution in [0.15, 0.2) is 35.5 Å². The van der Waals surface area contributed by atoms with E-state index >= 15 is 0 Å². The molecule has 1 aliphatic heterocycles. The number of aromatic amines is 1. The summed E-state index contributed by atoms with van der Waals surface area (Å²) in [5.74, 6) is 1.07. The summed E-state index contributed by atoms with van der Waals surface area (Å²) < 4.78 is 0. The van der Waals surface area contributed by atoms with Crippen molar-refractivity contribution < 1.29 is 4.79 Å². The van der Waals surface area contributed by atoms with Crippen molar-refractivity contribution in [1.82, 2.24) is 20.5 Å². The van der Waals surface area contributed by atoms with Crippen molar-refractivity contribution in [3.63, 3.8) is 0 Å². The van der Waals surface area contributed by atoms with Gasteiger partial charge in [-0.15, -0.1) is 24.0 Å². The third kappa shape index (κ3) is 5.85. The highest BCUT2D eigenvalue weighted by molar-refractivity contribution is 14.0. The highest BCUT2D eigenvalue weighted by Crippen LogP contribution is 2.18. The van der Waals surface area contributed by atoms with Crippen LogP contribution in [0.3, 0.4) is 0 Å². The van der Waals surface area contributed by atoms with Gasteiger partial charge in [-0.3, -0.25) is 9.79 Å². The number of likely N-dealkylation sites (tertiary alicyclic amines) is 1. The quantitative estimate of drug-likeness (QED) is 0.256. The van der Waals surface area contributed by atoms with Gasteiger partial charge in [-0.05, 0) is 37.8 Å². The number of halogens is 1. The summed E-state index contributed by atoms with van der Waals surface area (Å²) in [7, 11) is 1.86. The lowest BCUT2D eigenvalue weighted by molar-refractivity contribution is -0.132. The number of amides is 1. The second-order valence-corrected chi connectivity index (χ2v) is 6.88. The molecule has 7 heteroatoms. The van der Waals surface area contributed by atoms with Gasteiger partial charge in [0.25, 0.3) is 0 Å². The van der Waals surface area contributed by atoms with Gasteiger partial charge in [-0.25, -0.2) is 0 Å². The predicted molar refractivity (Wildman–Crippen MR) is 122 cm³/mol. The number of hydrogen-bond acceptors (Lipinski definition) is 2. The van der Waals surface area contributed by atoms with E-state index in [2.05, 4.69) is 53.0 Å². The number of piperidine rings is 1. The molecule has 1 atom stereocenters. The molecule has 3 rings (SSSR count). The zero-order valence-corrected chi connectivity index (χ0v) is 18.5. The smallest absolute Gasteiger partial charge is 0.222 e. The average molecular weight is 483 g/mol. The number of carbonyl (C=O) groups excluding carboxylic acids is 1. The standard InChI is InChI=1S/C20H29N5O.HI/c1-3-21-20(24-16-10-11-19(26)25(2)14-16)22-12-6-7-15-13-23-18-9-5-4-8-17(15)18;/h4-5,8-9,13,16,23H,3,6-7,10-12,14H2,1-2H3,(H2,21,22,24);1H. The number of aromatic nitrogens is 1. The van der Waals surface area contributed by atoms with Crippen LogP contribution < -0.4 is 10.6 Å². The number of aliphatic imine (C=N–C) groups is 1. The van der Waals surface area contributed by atoms with E-state index in [0.717, 1.165) is 44.9 Å². The van der Waals surface area contributed by atoms with Gasteiger partial charge in [0.1, 0.15) is 0 Å². The maximum atomic E-state index is 11.6. The van der Waals surface area contributed by atoms with Crippen molar-refractivity contribution in [2.45, 2.75) is 38.6 Å². The molecule has 1 aromatic heterocycles.